The van der Waals surface area contributed by atoms with Crippen molar-refractivity contribution in [3.05, 3.63) is 45.7 Å². The number of hydrogen-bond donors (Lipinski definition) is 2. The molecular weight excluding hydrogens is 292 g/mol. The maximum absolute atomic E-state index is 12.8. The fraction of sp³-hybridized carbons (Fsp3) is 0.444. The standard InChI is InChI=1S/C18H24N2O3/c1-4-6-11-20(3)12-14-16(18(22)23-5-2)19-15-10-8-7-9-13(15)17(14)21/h7-10H,4-6,11-12H2,1-3H3,(H,19,21)/p+1. The quantitative estimate of drug-likeness (QED) is 0.761. The van der Waals surface area contributed by atoms with Crippen molar-refractivity contribution in [2.75, 3.05) is 20.2 Å². The van der Waals surface area contributed by atoms with Gasteiger partial charge in [-0.05, 0) is 25.5 Å². The van der Waals surface area contributed by atoms with Gasteiger partial charge in [-0.15, -0.1) is 0 Å². The third kappa shape index (κ3) is 3.99. The summed E-state index contributed by atoms with van der Waals surface area (Å²) in [7, 11) is 2.04. The number of aromatic amines is 1. The predicted molar refractivity (Wildman–Crippen MR) is 90.9 cm³/mol. The number of quaternary nitrogens is 1. The Hall–Kier alpha value is -2.14. The predicted octanol–water partition coefficient (Wildman–Crippen LogP) is 1.52. The van der Waals surface area contributed by atoms with E-state index in [9.17, 15) is 9.59 Å². The highest BCUT2D eigenvalue weighted by Crippen LogP contribution is 2.12. The number of carbonyl (C=O) groups is 1. The van der Waals surface area contributed by atoms with Crippen LogP contribution in [0.15, 0.2) is 29.1 Å². The number of para-hydroxylation sites is 1. The van der Waals surface area contributed by atoms with Gasteiger partial charge in [0, 0.05) is 10.9 Å². The van der Waals surface area contributed by atoms with Crippen LogP contribution in [0.25, 0.3) is 10.9 Å². The van der Waals surface area contributed by atoms with Gasteiger partial charge in [-0.3, -0.25) is 4.79 Å². The minimum absolute atomic E-state index is 0.0850. The molecular formula is C18H25N2O3+. The Morgan fingerprint density at radius 3 is 2.70 bits per heavy atom. The first-order chi connectivity index (χ1) is 11.1. The van der Waals surface area contributed by atoms with Crippen LogP contribution < -0.4 is 10.3 Å². The molecule has 0 aliphatic carbocycles. The van der Waals surface area contributed by atoms with Crippen LogP contribution in [0.1, 0.15) is 42.7 Å². The van der Waals surface area contributed by atoms with Crippen LogP contribution in [0.2, 0.25) is 0 Å². The lowest BCUT2D eigenvalue weighted by Gasteiger charge is -2.16. The molecule has 0 spiro atoms. The summed E-state index contributed by atoms with van der Waals surface area (Å²) in [5.41, 5.74) is 1.37. The Kier molecular flexibility index (Phi) is 5.93. The van der Waals surface area contributed by atoms with Crippen LogP contribution in [-0.4, -0.2) is 31.2 Å². The van der Waals surface area contributed by atoms with Gasteiger partial charge in [-0.2, -0.15) is 0 Å². The van der Waals surface area contributed by atoms with Crippen molar-refractivity contribution in [2.45, 2.75) is 33.2 Å². The maximum Gasteiger partial charge on any atom is 0.355 e. The number of ether oxygens (including phenoxy) is 1. The molecule has 0 aliphatic rings. The van der Waals surface area contributed by atoms with Gasteiger partial charge in [0.25, 0.3) is 0 Å². The zero-order valence-corrected chi connectivity index (χ0v) is 14.1. The van der Waals surface area contributed by atoms with Gasteiger partial charge in [-0.25, -0.2) is 4.79 Å². The number of aromatic nitrogens is 1. The average molecular weight is 317 g/mol. The third-order valence-corrected chi connectivity index (χ3v) is 3.92. The Balaban J connectivity index is 2.49. The monoisotopic (exact) mass is 317 g/mol. The van der Waals surface area contributed by atoms with Crippen molar-refractivity contribution in [3.63, 3.8) is 0 Å². The number of pyridine rings is 1. The van der Waals surface area contributed by atoms with Crippen LogP contribution in [0.5, 0.6) is 0 Å². The number of esters is 1. The first kappa shape index (κ1) is 17.2. The van der Waals surface area contributed by atoms with Gasteiger partial charge in [0.2, 0.25) is 0 Å². The van der Waals surface area contributed by atoms with E-state index in [-0.39, 0.29) is 17.7 Å². The Morgan fingerprint density at radius 1 is 1.26 bits per heavy atom. The molecule has 0 fully saturated rings. The van der Waals surface area contributed by atoms with Crippen molar-refractivity contribution < 1.29 is 14.4 Å². The van der Waals surface area contributed by atoms with E-state index < -0.39 is 5.97 Å². The smallest absolute Gasteiger partial charge is 0.355 e. The molecule has 5 nitrogen and oxygen atoms in total. The second kappa shape index (κ2) is 7.92. The summed E-state index contributed by atoms with van der Waals surface area (Å²) in [4.78, 5) is 29.4. The number of nitrogens with one attached hydrogen (secondary N) is 2. The Labute approximate surface area is 136 Å². The lowest BCUT2D eigenvalue weighted by molar-refractivity contribution is -0.894. The average Bonchev–Trinajstić information content (AvgIpc) is 2.55. The fourth-order valence-corrected chi connectivity index (χ4v) is 2.69. The molecule has 0 radical (unpaired) electrons. The van der Waals surface area contributed by atoms with Gasteiger partial charge >= 0.3 is 5.97 Å². The number of unbranched alkanes of at least 4 members (excludes halogenated alkanes) is 1. The summed E-state index contributed by atoms with van der Waals surface area (Å²) in [5, 5.41) is 0.610. The van der Waals surface area contributed by atoms with E-state index in [1.165, 1.54) is 4.90 Å². The first-order valence-electron chi connectivity index (χ1n) is 8.20. The minimum atomic E-state index is -0.464. The highest BCUT2D eigenvalue weighted by atomic mass is 16.5. The van der Waals surface area contributed by atoms with Crippen LogP contribution in [0.4, 0.5) is 0 Å². The SMILES string of the molecule is CCCC[NH+](C)Cc1c(C(=O)OCC)[nH]c2ccccc2c1=O. The highest BCUT2D eigenvalue weighted by Gasteiger charge is 2.21. The molecule has 124 valence electrons. The van der Waals surface area contributed by atoms with E-state index >= 15 is 0 Å². The third-order valence-electron chi connectivity index (χ3n) is 3.92. The van der Waals surface area contributed by atoms with Crippen molar-refractivity contribution >= 4 is 16.9 Å². The number of rotatable bonds is 7. The lowest BCUT2D eigenvalue weighted by atomic mass is 10.1. The maximum atomic E-state index is 12.8. The van der Waals surface area contributed by atoms with Gasteiger partial charge < -0.3 is 14.6 Å². The van der Waals surface area contributed by atoms with Gasteiger partial charge in [-0.1, -0.05) is 25.5 Å². The van der Waals surface area contributed by atoms with Gasteiger partial charge in [0.15, 0.2) is 5.43 Å². The van der Waals surface area contributed by atoms with Crippen molar-refractivity contribution in [3.8, 4) is 0 Å². The second-order valence-electron chi connectivity index (χ2n) is 5.81. The first-order valence-corrected chi connectivity index (χ1v) is 8.20. The van der Waals surface area contributed by atoms with Crippen molar-refractivity contribution in [1.29, 1.82) is 0 Å². The van der Waals surface area contributed by atoms with Crippen LogP contribution in [0, 0.1) is 0 Å². The zero-order chi connectivity index (χ0) is 16.8. The summed E-state index contributed by atoms with van der Waals surface area (Å²) in [6.07, 6.45) is 2.20. The number of benzene rings is 1. The van der Waals surface area contributed by atoms with Gasteiger partial charge in [0.05, 0.1) is 25.8 Å². The molecule has 0 aliphatic heterocycles. The summed E-state index contributed by atoms with van der Waals surface area (Å²) in [6.45, 7) is 5.65. The molecule has 0 saturated carbocycles. The highest BCUT2D eigenvalue weighted by molar-refractivity contribution is 5.92. The molecule has 1 aromatic carbocycles. The van der Waals surface area contributed by atoms with Crippen LogP contribution >= 0.6 is 0 Å². The molecule has 1 atom stereocenters. The summed E-state index contributed by atoms with van der Waals surface area (Å²) >= 11 is 0. The molecule has 2 aromatic rings. The molecule has 23 heavy (non-hydrogen) atoms. The van der Waals surface area contributed by atoms with E-state index in [1.807, 2.05) is 19.2 Å². The van der Waals surface area contributed by atoms with E-state index in [0.29, 0.717) is 23.0 Å². The van der Waals surface area contributed by atoms with E-state index in [0.717, 1.165) is 19.4 Å². The van der Waals surface area contributed by atoms with Crippen molar-refractivity contribution in [2.24, 2.45) is 0 Å². The largest absolute Gasteiger partial charge is 0.461 e. The van der Waals surface area contributed by atoms with Crippen LogP contribution in [-0.2, 0) is 11.3 Å². The molecule has 0 saturated heterocycles. The summed E-state index contributed by atoms with van der Waals surface area (Å²) in [6, 6.07) is 7.26. The molecule has 2 N–H and O–H groups in total. The summed E-state index contributed by atoms with van der Waals surface area (Å²) in [5.74, 6) is -0.464. The van der Waals surface area contributed by atoms with E-state index in [1.54, 1.807) is 19.1 Å². The number of H-pyrrole nitrogens is 1. The second-order valence-corrected chi connectivity index (χ2v) is 5.81. The lowest BCUT2D eigenvalue weighted by Crippen LogP contribution is -3.07. The molecule has 0 bridgehead atoms. The zero-order valence-electron chi connectivity index (χ0n) is 14.1. The topological polar surface area (TPSA) is 63.6 Å². The molecule has 1 aromatic heterocycles. The number of fused-ring (bicyclic) bond motifs is 1. The fourth-order valence-electron chi connectivity index (χ4n) is 2.69. The normalized spacial score (nSPS) is 12.3. The van der Waals surface area contributed by atoms with E-state index in [4.69, 9.17) is 4.74 Å². The number of carbonyl (C=O) groups excluding carboxylic acids is 1. The Bertz CT molecular complexity index is 737. The molecule has 0 amide bonds. The minimum Gasteiger partial charge on any atom is -0.461 e. The van der Waals surface area contributed by atoms with Crippen molar-refractivity contribution in [1.82, 2.24) is 4.98 Å². The van der Waals surface area contributed by atoms with E-state index in [2.05, 4.69) is 11.9 Å². The molecule has 5 heteroatoms. The number of hydrogen-bond acceptors (Lipinski definition) is 3. The molecule has 2 rings (SSSR count). The molecule has 1 heterocycles. The molecule has 1 unspecified atom stereocenters. The van der Waals surface area contributed by atoms with Crippen LogP contribution in [0.3, 0.4) is 0 Å². The summed E-state index contributed by atoms with van der Waals surface area (Å²) < 4.78 is 5.12. The Morgan fingerprint density at radius 2 is 2.00 bits per heavy atom. The van der Waals surface area contributed by atoms with Gasteiger partial charge in [0.1, 0.15) is 12.2 Å².